The van der Waals surface area contributed by atoms with Gasteiger partial charge in [0.2, 0.25) is 10.0 Å². The Bertz CT molecular complexity index is 942. The van der Waals surface area contributed by atoms with E-state index in [0.717, 1.165) is 11.3 Å². The Morgan fingerprint density at radius 2 is 2.00 bits per heavy atom. The van der Waals surface area contributed by atoms with Gasteiger partial charge in [-0.1, -0.05) is 12.1 Å². The summed E-state index contributed by atoms with van der Waals surface area (Å²) in [6, 6.07) is 10.9. The fourth-order valence-electron chi connectivity index (χ4n) is 3.40. The molecule has 4 rings (SSSR count). The van der Waals surface area contributed by atoms with Crippen LogP contribution in [0.1, 0.15) is 30.5 Å². The minimum atomic E-state index is -3.45. The molecule has 29 heavy (non-hydrogen) atoms. The lowest BCUT2D eigenvalue weighted by molar-refractivity contribution is 0.177. The summed E-state index contributed by atoms with van der Waals surface area (Å²) in [7, 11) is -1.85. The van der Waals surface area contributed by atoms with Crippen LogP contribution in [0.2, 0.25) is 0 Å². The van der Waals surface area contributed by atoms with Gasteiger partial charge in [0.05, 0.1) is 42.4 Å². The summed E-state index contributed by atoms with van der Waals surface area (Å²) in [4.78, 5) is 4.40. The predicted octanol–water partition coefficient (Wildman–Crippen LogP) is 2.59. The molecule has 1 aromatic carbocycles. The van der Waals surface area contributed by atoms with Crippen molar-refractivity contribution in [3.8, 4) is 5.75 Å². The van der Waals surface area contributed by atoms with Crippen molar-refractivity contribution < 1.29 is 17.9 Å². The fourth-order valence-corrected chi connectivity index (χ4v) is 5.23. The van der Waals surface area contributed by atoms with Crippen LogP contribution in [0.3, 0.4) is 0 Å². The maximum Gasteiger partial charge on any atom is 0.238 e. The van der Waals surface area contributed by atoms with Crippen molar-refractivity contribution in [2.24, 2.45) is 5.73 Å². The number of sulfonamides is 1. The first-order valence-electron chi connectivity index (χ1n) is 9.40. The summed E-state index contributed by atoms with van der Waals surface area (Å²) >= 11 is 0. The van der Waals surface area contributed by atoms with E-state index in [-0.39, 0.29) is 24.2 Å². The van der Waals surface area contributed by atoms with Gasteiger partial charge in [-0.25, -0.2) is 8.42 Å². The number of nitrogens with two attached hydrogens (primary N) is 1. The van der Waals surface area contributed by atoms with Gasteiger partial charge in [-0.3, -0.25) is 9.29 Å². The first-order valence-corrected chi connectivity index (χ1v) is 10.9. The molecule has 1 unspecified atom stereocenters. The van der Waals surface area contributed by atoms with E-state index in [9.17, 15) is 8.42 Å². The van der Waals surface area contributed by atoms with Crippen molar-refractivity contribution >= 4 is 28.1 Å². The number of anilines is 1. The summed E-state index contributed by atoms with van der Waals surface area (Å²) in [6.07, 6.45) is 3.69. The number of ether oxygens (including phenoxy) is 2. The van der Waals surface area contributed by atoms with Crippen LogP contribution in [0.4, 0.5) is 5.69 Å². The Kier molecular flexibility index (Phi) is 6.38. The molecule has 7 nitrogen and oxygen atoms in total. The molecule has 1 aliphatic heterocycles. The van der Waals surface area contributed by atoms with E-state index in [4.69, 9.17) is 15.2 Å². The van der Waals surface area contributed by atoms with Crippen LogP contribution in [0.25, 0.3) is 0 Å². The van der Waals surface area contributed by atoms with Gasteiger partial charge in [-0.15, -0.1) is 12.4 Å². The third-order valence-corrected chi connectivity index (χ3v) is 7.60. The number of methoxy groups -OCH3 is 1. The lowest BCUT2D eigenvalue weighted by atomic mass is 9.95. The number of benzene rings is 1. The van der Waals surface area contributed by atoms with Crippen molar-refractivity contribution in [2.75, 3.05) is 24.6 Å². The van der Waals surface area contributed by atoms with Crippen molar-refractivity contribution in [1.29, 1.82) is 0 Å². The number of hydrogen-bond acceptors (Lipinski definition) is 6. The summed E-state index contributed by atoms with van der Waals surface area (Å²) in [5.74, 6) is 0.734. The molecule has 2 aromatic rings. The molecule has 2 fully saturated rings. The predicted molar refractivity (Wildman–Crippen MR) is 114 cm³/mol. The lowest BCUT2D eigenvalue weighted by Gasteiger charge is -2.27. The van der Waals surface area contributed by atoms with Crippen LogP contribution in [-0.4, -0.2) is 39.0 Å². The van der Waals surface area contributed by atoms with E-state index < -0.39 is 15.6 Å². The van der Waals surface area contributed by atoms with Crippen LogP contribution in [0.15, 0.2) is 42.6 Å². The van der Waals surface area contributed by atoms with Gasteiger partial charge in [0.15, 0.2) is 0 Å². The molecule has 0 bridgehead atoms. The van der Waals surface area contributed by atoms with Gasteiger partial charge in [0.25, 0.3) is 0 Å². The van der Waals surface area contributed by atoms with E-state index in [2.05, 4.69) is 4.98 Å². The van der Waals surface area contributed by atoms with Crippen LogP contribution >= 0.6 is 12.4 Å². The zero-order chi connectivity index (χ0) is 19.8. The molecule has 9 heteroatoms. The molecule has 1 atom stereocenters. The van der Waals surface area contributed by atoms with Crippen molar-refractivity contribution in [3.63, 3.8) is 0 Å². The highest BCUT2D eigenvalue weighted by Gasteiger charge is 2.41. The lowest BCUT2D eigenvalue weighted by Crippen LogP contribution is -2.39. The Morgan fingerprint density at radius 1 is 1.28 bits per heavy atom. The zero-order valence-corrected chi connectivity index (χ0v) is 17.9. The Hall–Kier alpha value is -1.87. The number of rotatable bonds is 7. The molecule has 1 saturated carbocycles. The highest BCUT2D eigenvalue weighted by Crippen LogP contribution is 2.36. The standard InChI is InChI=1S/C20H25N3O4S.ClH/c1-26-17-4-2-15(3-5-17)13-23(28(24,25)18-6-7-18)16-8-10-22-19(12-16)20(21)9-11-27-14-20;/h2-5,8,10,12,18H,6-7,9,11,13-14,21H2,1H3;1H. The monoisotopic (exact) mass is 439 g/mol. The fraction of sp³-hybridized carbons (Fsp3) is 0.450. The molecule has 2 N–H and O–H groups in total. The molecule has 1 aliphatic carbocycles. The highest BCUT2D eigenvalue weighted by atomic mass is 35.5. The highest BCUT2D eigenvalue weighted by molar-refractivity contribution is 7.93. The quantitative estimate of drug-likeness (QED) is 0.712. The minimum Gasteiger partial charge on any atom is -0.497 e. The molecular weight excluding hydrogens is 414 g/mol. The minimum absolute atomic E-state index is 0. The first-order chi connectivity index (χ1) is 13.4. The Balaban J connectivity index is 0.00000240. The maximum atomic E-state index is 13.2. The molecule has 0 radical (unpaired) electrons. The average molecular weight is 440 g/mol. The second kappa shape index (κ2) is 8.47. The average Bonchev–Trinajstić information content (AvgIpc) is 3.49. The molecule has 158 valence electrons. The third kappa shape index (κ3) is 4.50. The van der Waals surface area contributed by atoms with Gasteiger partial charge in [-0.2, -0.15) is 0 Å². The summed E-state index contributed by atoms with van der Waals surface area (Å²) in [5.41, 5.74) is 7.90. The smallest absolute Gasteiger partial charge is 0.238 e. The summed E-state index contributed by atoms with van der Waals surface area (Å²) in [5, 5.41) is -0.316. The molecule has 1 saturated heterocycles. The van der Waals surface area contributed by atoms with Gasteiger partial charge in [0.1, 0.15) is 5.75 Å². The molecule has 2 heterocycles. The molecule has 0 spiro atoms. The number of aromatic nitrogens is 1. The van der Waals surface area contributed by atoms with Gasteiger partial charge < -0.3 is 15.2 Å². The van der Waals surface area contributed by atoms with Gasteiger partial charge in [0, 0.05) is 12.8 Å². The second-order valence-corrected chi connectivity index (χ2v) is 9.59. The van der Waals surface area contributed by atoms with Crippen LogP contribution < -0.4 is 14.8 Å². The number of pyridine rings is 1. The van der Waals surface area contributed by atoms with E-state index >= 15 is 0 Å². The third-order valence-electron chi connectivity index (χ3n) is 5.33. The van der Waals surface area contributed by atoms with E-state index in [1.165, 1.54) is 4.31 Å². The van der Waals surface area contributed by atoms with Crippen LogP contribution in [0, 0.1) is 0 Å². The SMILES string of the molecule is COc1ccc(CN(c2ccnc(C3(N)CCOC3)c2)S(=O)(=O)C2CC2)cc1.Cl. The van der Waals surface area contributed by atoms with Crippen molar-refractivity contribution in [2.45, 2.75) is 36.6 Å². The second-order valence-electron chi connectivity index (χ2n) is 7.46. The maximum absolute atomic E-state index is 13.2. The van der Waals surface area contributed by atoms with Crippen molar-refractivity contribution in [1.82, 2.24) is 4.98 Å². The molecular formula is C20H26ClN3O4S. The summed E-state index contributed by atoms with van der Waals surface area (Å²) in [6.45, 7) is 1.22. The first kappa shape index (κ1) is 21.8. The van der Waals surface area contributed by atoms with E-state index in [1.54, 1.807) is 25.4 Å². The Labute approximate surface area is 177 Å². The number of nitrogens with zero attached hydrogens (tertiary/aromatic N) is 2. The Morgan fingerprint density at radius 3 is 2.59 bits per heavy atom. The number of hydrogen-bond donors (Lipinski definition) is 1. The molecule has 2 aliphatic rings. The topological polar surface area (TPSA) is 94.8 Å². The summed E-state index contributed by atoms with van der Waals surface area (Å²) < 4.78 is 38.4. The van der Waals surface area contributed by atoms with Crippen LogP contribution in [0.5, 0.6) is 5.75 Å². The normalized spacial score (nSPS) is 21.4. The van der Waals surface area contributed by atoms with Crippen molar-refractivity contribution in [3.05, 3.63) is 53.9 Å². The van der Waals surface area contributed by atoms with Gasteiger partial charge in [-0.05, 0) is 49.1 Å². The zero-order valence-electron chi connectivity index (χ0n) is 16.3. The van der Waals surface area contributed by atoms with Gasteiger partial charge >= 0.3 is 0 Å². The largest absolute Gasteiger partial charge is 0.497 e. The molecule has 1 aromatic heterocycles. The van der Waals surface area contributed by atoms with E-state index in [1.807, 2.05) is 24.3 Å². The molecule has 0 amide bonds. The van der Waals surface area contributed by atoms with Crippen LogP contribution in [-0.2, 0) is 26.8 Å². The van der Waals surface area contributed by atoms with E-state index in [0.29, 0.717) is 43.9 Å². The number of halogens is 1.